The number of benzene rings is 1. The second kappa shape index (κ2) is 5.18. The second-order valence-electron chi connectivity index (χ2n) is 3.96. The van der Waals surface area contributed by atoms with Gasteiger partial charge in [0.2, 0.25) is 0 Å². The number of hydrogen-bond acceptors (Lipinski definition) is 3. The van der Waals surface area contributed by atoms with Crippen LogP contribution in [0.2, 0.25) is 0 Å². The van der Waals surface area contributed by atoms with E-state index >= 15 is 0 Å². The summed E-state index contributed by atoms with van der Waals surface area (Å²) < 4.78 is 20.9. The van der Waals surface area contributed by atoms with Crippen LogP contribution in [0.4, 0.5) is 4.39 Å². The van der Waals surface area contributed by atoms with Crippen LogP contribution in [0.5, 0.6) is 11.5 Å². The normalized spacial score (nSPS) is 12.4. The summed E-state index contributed by atoms with van der Waals surface area (Å²) in [5.74, 6) is 0.343. The van der Waals surface area contributed by atoms with Gasteiger partial charge in [-0.25, -0.2) is 4.39 Å². The lowest BCUT2D eigenvalue weighted by molar-refractivity contribution is 0.190. The first kappa shape index (κ1) is 12.6. The molecule has 1 unspecified atom stereocenters. The van der Waals surface area contributed by atoms with Crippen LogP contribution in [0.25, 0.3) is 0 Å². The average Bonchev–Trinajstić information content (AvgIpc) is 2.76. The van der Waals surface area contributed by atoms with Gasteiger partial charge in [-0.1, -0.05) is 6.07 Å². The Hall–Kier alpha value is -1.88. The summed E-state index contributed by atoms with van der Waals surface area (Å²) in [5, 5.41) is 13.6. The molecule has 1 N–H and O–H groups in total. The summed E-state index contributed by atoms with van der Waals surface area (Å²) in [6.07, 6.45) is 2.35. The van der Waals surface area contributed by atoms with Crippen molar-refractivity contribution in [3.63, 3.8) is 0 Å². The molecule has 2 rings (SSSR count). The van der Waals surface area contributed by atoms with Crippen LogP contribution in [0.3, 0.4) is 0 Å². The minimum absolute atomic E-state index is 0.154. The second-order valence-corrected chi connectivity index (χ2v) is 3.96. The van der Waals surface area contributed by atoms with Crippen molar-refractivity contribution in [2.24, 2.45) is 0 Å². The van der Waals surface area contributed by atoms with Crippen molar-refractivity contribution < 1.29 is 14.2 Å². The van der Waals surface area contributed by atoms with Gasteiger partial charge in [0, 0.05) is 6.54 Å². The molecular weight excluding hydrogens is 235 g/mol. The van der Waals surface area contributed by atoms with Gasteiger partial charge in [-0.2, -0.15) is 5.10 Å². The van der Waals surface area contributed by atoms with E-state index in [9.17, 15) is 9.50 Å². The van der Waals surface area contributed by atoms with Gasteiger partial charge in [0.1, 0.15) is 11.6 Å². The molecule has 1 heterocycles. The fraction of sp³-hybridized carbons (Fsp3) is 0.308. The molecule has 0 spiro atoms. The number of ether oxygens (including phenoxy) is 1. The zero-order valence-corrected chi connectivity index (χ0v) is 10.3. The van der Waals surface area contributed by atoms with Crippen LogP contribution >= 0.6 is 0 Å². The van der Waals surface area contributed by atoms with Crippen molar-refractivity contribution in [1.29, 1.82) is 0 Å². The molecule has 0 aliphatic carbocycles. The Morgan fingerprint density at radius 2 is 2.28 bits per heavy atom. The molecule has 0 saturated heterocycles. The first-order valence-corrected chi connectivity index (χ1v) is 5.78. The van der Waals surface area contributed by atoms with Gasteiger partial charge in [0.05, 0.1) is 24.1 Å². The fourth-order valence-electron chi connectivity index (χ4n) is 1.71. The molecule has 0 radical (unpaired) electrons. The standard InChI is InChI=1S/C13H15FN2O2/c1-3-16-8-10(7-15-16)18-12-6-4-5-11(14)13(12)9(2)17/h4-9,17H,3H2,1-2H3. The maximum atomic E-state index is 13.6. The lowest BCUT2D eigenvalue weighted by Gasteiger charge is -2.12. The SMILES string of the molecule is CCn1cc(Oc2cccc(F)c2C(C)O)cn1. The van der Waals surface area contributed by atoms with Gasteiger partial charge < -0.3 is 9.84 Å². The Bertz CT molecular complexity index is 538. The molecule has 1 atom stereocenters. The zero-order valence-electron chi connectivity index (χ0n) is 10.3. The molecule has 5 heteroatoms. The molecule has 0 bridgehead atoms. The van der Waals surface area contributed by atoms with Crippen molar-refractivity contribution in [3.8, 4) is 11.5 Å². The molecule has 0 fully saturated rings. The van der Waals surface area contributed by atoms with E-state index in [1.165, 1.54) is 13.0 Å². The van der Waals surface area contributed by atoms with Crippen LogP contribution in [-0.4, -0.2) is 14.9 Å². The number of aliphatic hydroxyl groups is 1. The summed E-state index contributed by atoms with van der Waals surface area (Å²) in [4.78, 5) is 0. The predicted molar refractivity (Wildman–Crippen MR) is 65.0 cm³/mol. The largest absolute Gasteiger partial charge is 0.454 e. The number of hydrogen-bond donors (Lipinski definition) is 1. The summed E-state index contributed by atoms with van der Waals surface area (Å²) in [6.45, 7) is 4.19. The Labute approximate surface area is 105 Å². The van der Waals surface area contributed by atoms with Crippen LogP contribution in [-0.2, 0) is 6.54 Å². The van der Waals surface area contributed by atoms with E-state index in [2.05, 4.69) is 5.10 Å². The molecule has 1 aromatic carbocycles. The number of halogens is 1. The predicted octanol–water partition coefficient (Wildman–Crippen LogP) is 2.89. The summed E-state index contributed by atoms with van der Waals surface area (Å²) in [7, 11) is 0. The summed E-state index contributed by atoms with van der Waals surface area (Å²) in [6, 6.07) is 4.46. The van der Waals surface area contributed by atoms with Crippen LogP contribution in [0.15, 0.2) is 30.6 Å². The van der Waals surface area contributed by atoms with Crippen LogP contribution in [0.1, 0.15) is 25.5 Å². The first-order chi connectivity index (χ1) is 8.61. The number of rotatable bonds is 4. The van der Waals surface area contributed by atoms with E-state index in [4.69, 9.17) is 4.74 Å². The quantitative estimate of drug-likeness (QED) is 0.907. The lowest BCUT2D eigenvalue weighted by Crippen LogP contribution is -1.99. The van der Waals surface area contributed by atoms with Crippen molar-refractivity contribution in [2.45, 2.75) is 26.5 Å². The highest BCUT2D eigenvalue weighted by Crippen LogP contribution is 2.31. The van der Waals surface area contributed by atoms with Crippen LogP contribution < -0.4 is 4.74 Å². The van der Waals surface area contributed by atoms with E-state index in [-0.39, 0.29) is 5.56 Å². The van der Waals surface area contributed by atoms with Crippen molar-refractivity contribution in [2.75, 3.05) is 0 Å². The molecule has 18 heavy (non-hydrogen) atoms. The highest BCUT2D eigenvalue weighted by Gasteiger charge is 2.15. The number of nitrogens with zero attached hydrogens (tertiary/aromatic N) is 2. The van der Waals surface area contributed by atoms with E-state index in [0.29, 0.717) is 11.5 Å². The van der Waals surface area contributed by atoms with Gasteiger partial charge >= 0.3 is 0 Å². The molecule has 0 aliphatic heterocycles. The van der Waals surface area contributed by atoms with E-state index in [1.54, 1.807) is 29.2 Å². The zero-order chi connectivity index (χ0) is 13.1. The highest BCUT2D eigenvalue weighted by molar-refractivity contribution is 5.39. The van der Waals surface area contributed by atoms with E-state index in [0.717, 1.165) is 6.54 Å². The topological polar surface area (TPSA) is 47.3 Å². The monoisotopic (exact) mass is 250 g/mol. The third-order valence-electron chi connectivity index (χ3n) is 2.59. The number of aliphatic hydroxyl groups excluding tert-OH is 1. The van der Waals surface area contributed by atoms with E-state index in [1.807, 2.05) is 6.92 Å². The molecular formula is C13H15FN2O2. The molecule has 2 aromatic rings. The third kappa shape index (κ3) is 2.51. The Morgan fingerprint density at radius 1 is 1.50 bits per heavy atom. The van der Waals surface area contributed by atoms with Gasteiger partial charge in [0.25, 0.3) is 0 Å². The molecule has 0 amide bonds. The van der Waals surface area contributed by atoms with Crippen LogP contribution in [0, 0.1) is 5.82 Å². The van der Waals surface area contributed by atoms with E-state index < -0.39 is 11.9 Å². The maximum Gasteiger partial charge on any atom is 0.165 e. The highest BCUT2D eigenvalue weighted by atomic mass is 19.1. The summed E-state index contributed by atoms with van der Waals surface area (Å²) in [5.41, 5.74) is 0.154. The molecule has 4 nitrogen and oxygen atoms in total. The summed E-state index contributed by atoms with van der Waals surface area (Å²) >= 11 is 0. The molecule has 0 aliphatic rings. The number of aryl methyl sites for hydroxylation is 1. The number of aromatic nitrogens is 2. The van der Waals surface area contributed by atoms with Crippen molar-refractivity contribution >= 4 is 0 Å². The van der Waals surface area contributed by atoms with Crippen molar-refractivity contribution in [3.05, 3.63) is 42.0 Å². The van der Waals surface area contributed by atoms with Crippen molar-refractivity contribution in [1.82, 2.24) is 9.78 Å². The molecule has 1 aromatic heterocycles. The maximum absolute atomic E-state index is 13.6. The average molecular weight is 250 g/mol. The lowest BCUT2D eigenvalue weighted by atomic mass is 10.1. The van der Waals surface area contributed by atoms with Gasteiger partial charge in [-0.3, -0.25) is 4.68 Å². The molecule has 0 saturated carbocycles. The Balaban J connectivity index is 2.31. The Kier molecular flexibility index (Phi) is 3.62. The minimum Gasteiger partial charge on any atom is -0.454 e. The van der Waals surface area contributed by atoms with Gasteiger partial charge in [0.15, 0.2) is 5.75 Å². The smallest absolute Gasteiger partial charge is 0.165 e. The third-order valence-corrected chi connectivity index (χ3v) is 2.59. The first-order valence-electron chi connectivity index (χ1n) is 5.78. The Morgan fingerprint density at radius 3 is 2.89 bits per heavy atom. The van der Waals surface area contributed by atoms with Gasteiger partial charge in [-0.05, 0) is 26.0 Å². The fourth-order valence-corrected chi connectivity index (χ4v) is 1.71. The van der Waals surface area contributed by atoms with Gasteiger partial charge in [-0.15, -0.1) is 0 Å². The minimum atomic E-state index is -0.928. The molecule has 96 valence electrons.